The minimum Gasteiger partial charge on any atom is -0.354 e. The number of fused-ring (bicyclic) bond motifs is 2. The molecule has 5 heteroatoms. The first-order valence-electron chi connectivity index (χ1n) is 8.79. The first-order valence-corrected chi connectivity index (χ1v) is 8.79. The fourth-order valence-corrected chi connectivity index (χ4v) is 4.12. The number of H-pyrrole nitrogens is 1. The Kier molecular flexibility index (Phi) is 4.57. The maximum Gasteiger partial charge on any atom is 0.270 e. The van der Waals surface area contributed by atoms with E-state index in [2.05, 4.69) is 17.2 Å². The number of amides is 1. The van der Waals surface area contributed by atoms with Gasteiger partial charge in [-0.3, -0.25) is 9.59 Å². The third-order valence-electron chi connectivity index (χ3n) is 5.17. The molecule has 5 nitrogen and oxygen atoms in total. The van der Waals surface area contributed by atoms with E-state index in [9.17, 15) is 9.59 Å². The van der Waals surface area contributed by atoms with Gasteiger partial charge in [0.2, 0.25) is 0 Å². The number of aromatic amines is 1. The first-order chi connectivity index (χ1) is 11.0. The second-order valence-electron chi connectivity index (χ2n) is 6.96. The van der Waals surface area contributed by atoms with Crippen molar-refractivity contribution < 1.29 is 9.59 Å². The van der Waals surface area contributed by atoms with Gasteiger partial charge >= 0.3 is 0 Å². The smallest absolute Gasteiger partial charge is 0.270 e. The van der Waals surface area contributed by atoms with Crippen LogP contribution in [-0.4, -0.2) is 46.7 Å². The van der Waals surface area contributed by atoms with E-state index < -0.39 is 0 Å². The molecule has 1 amide bonds. The molecule has 2 fully saturated rings. The molecule has 1 aromatic heterocycles. The molecule has 3 rings (SSSR count). The van der Waals surface area contributed by atoms with Crippen molar-refractivity contribution in [3.63, 3.8) is 0 Å². The zero-order valence-corrected chi connectivity index (χ0v) is 14.4. The Balaban J connectivity index is 1.89. The van der Waals surface area contributed by atoms with Gasteiger partial charge in [0, 0.05) is 36.4 Å². The lowest BCUT2D eigenvalue weighted by Crippen LogP contribution is -2.39. The number of nitrogens with one attached hydrogen (secondary N) is 2. The van der Waals surface area contributed by atoms with E-state index in [1.807, 2.05) is 11.8 Å². The molecule has 1 aromatic rings. The third-order valence-corrected chi connectivity index (χ3v) is 5.17. The molecule has 2 saturated heterocycles. The first kappa shape index (κ1) is 16.2. The second-order valence-corrected chi connectivity index (χ2v) is 6.96. The minimum atomic E-state index is 0.0397. The van der Waals surface area contributed by atoms with Crippen LogP contribution in [0.4, 0.5) is 0 Å². The van der Waals surface area contributed by atoms with Crippen LogP contribution in [0.2, 0.25) is 0 Å². The molecule has 23 heavy (non-hydrogen) atoms. The molecule has 0 aromatic carbocycles. The van der Waals surface area contributed by atoms with Gasteiger partial charge in [-0.15, -0.1) is 0 Å². The molecule has 2 N–H and O–H groups in total. The van der Waals surface area contributed by atoms with E-state index in [1.54, 1.807) is 6.92 Å². The molecule has 0 saturated carbocycles. The van der Waals surface area contributed by atoms with Crippen LogP contribution in [0.15, 0.2) is 0 Å². The van der Waals surface area contributed by atoms with E-state index in [1.165, 1.54) is 6.42 Å². The predicted molar refractivity (Wildman–Crippen MR) is 90.0 cm³/mol. The standard InChI is InChI=1S/C18H27N3O2/c1-4-5-15-16(12(3)22)11(2)19-17(15)18(23)21-9-8-13-6-7-14(10-21)20-13/h13-14,19-20H,4-10H2,1-3H3. The molecule has 2 bridgehead atoms. The molecule has 3 heterocycles. The van der Waals surface area contributed by atoms with Gasteiger partial charge < -0.3 is 15.2 Å². The summed E-state index contributed by atoms with van der Waals surface area (Å²) in [6.07, 6.45) is 5.08. The zero-order chi connectivity index (χ0) is 16.6. The van der Waals surface area contributed by atoms with Gasteiger partial charge in [-0.1, -0.05) is 13.3 Å². The summed E-state index contributed by atoms with van der Waals surface area (Å²) < 4.78 is 0. The molecule has 2 aliphatic heterocycles. The van der Waals surface area contributed by atoms with Crippen LogP contribution in [0.1, 0.15) is 71.6 Å². The zero-order valence-electron chi connectivity index (χ0n) is 14.4. The molecule has 2 atom stereocenters. The highest BCUT2D eigenvalue weighted by atomic mass is 16.2. The van der Waals surface area contributed by atoms with Crippen molar-refractivity contribution in [2.24, 2.45) is 0 Å². The molecular weight excluding hydrogens is 290 g/mol. The fraction of sp³-hybridized carbons (Fsp3) is 0.667. The number of carbonyl (C=O) groups is 2. The van der Waals surface area contributed by atoms with E-state index in [-0.39, 0.29) is 11.7 Å². The lowest BCUT2D eigenvalue weighted by molar-refractivity contribution is 0.0741. The summed E-state index contributed by atoms with van der Waals surface area (Å²) in [5, 5.41) is 3.61. The average Bonchev–Trinajstić information content (AvgIpc) is 2.98. The number of aryl methyl sites for hydroxylation is 1. The summed E-state index contributed by atoms with van der Waals surface area (Å²) in [6.45, 7) is 7.12. The van der Waals surface area contributed by atoms with Crippen molar-refractivity contribution in [2.45, 2.75) is 65.0 Å². The summed E-state index contributed by atoms with van der Waals surface area (Å²) in [7, 11) is 0. The fourth-order valence-electron chi connectivity index (χ4n) is 4.12. The number of aromatic nitrogens is 1. The van der Waals surface area contributed by atoms with Gasteiger partial charge in [-0.05, 0) is 45.1 Å². The number of rotatable bonds is 4. The number of hydrogen-bond donors (Lipinski definition) is 2. The van der Waals surface area contributed by atoms with Crippen molar-refractivity contribution in [1.29, 1.82) is 0 Å². The van der Waals surface area contributed by atoms with Crippen molar-refractivity contribution in [3.8, 4) is 0 Å². The molecule has 0 aliphatic carbocycles. The number of Topliss-reactive ketones (excluding diaryl/α,β-unsaturated/α-hetero) is 1. The Morgan fingerprint density at radius 3 is 2.65 bits per heavy atom. The van der Waals surface area contributed by atoms with Crippen LogP contribution in [0.3, 0.4) is 0 Å². The van der Waals surface area contributed by atoms with Gasteiger partial charge in [-0.2, -0.15) is 0 Å². The molecular formula is C18H27N3O2. The molecule has 2 aliphatic rings. The largest absolute Gasteiger partial charge is 0.354 e. The summed E-state index contributed by atoms with van der Waals surface area (Å²) in [5.41, 5.74) is 3.07. The Hall–Kier alpha value is -1.62. The van der Waals surface area contributed by atoms with Gasteiger partial charge in [0.1, 0.15) is 5.69 Å². The molecule has 0 spiro atoms. The van der Waals surface area contributed by atoms with Crippen LogP contribution < -0.4 is 5.32 Å². The van der Waals surface area contributed by atoms with Gasteiger partial charge in [-0.25, -0.2) is 0 Å². The van der Waals surface area contributed by atoms with Crippen LogP contribution in [0.25, 0.3) is 0 Å². The van der Waals surface area contributed by atoms with Gasteiger partial charge in [0.25, 0.3) is 5.91 Å². The Morgan fingerprint density at radius 2 is 1.96 bits per heavy atom. The second kappa shape index (κ2) is 6.48. The molecule has 2 unspecified atom stereocenters. The lowest BCUT2D eigenvalue weighted by Gasteiger charge is -2.24. The predicted octanol–water partition coefficient (Wildman–Crippen LogP) is 2.44. The quantitative estimate of drug-likeness (QED) is 0.838. The third kappa shape index (κ3) is 3.07. The number of likely N-dealkylation sites (tertiary alicyclic amines) is 1. The Morgan fingerprint density at radius 1 is 1.22 bits per heavy atom. The Labute approximate surface area is 137 Å². The maximum absolute atomic E-state index is 13.1. The van der Waals surface area contributed by atoms with Gasteiger partial charge in [0.15, 0.2) is 5.78 Å². The molecule has 0 radical (unpaired) electrons. The topological polar surface area (TPSA) is 65.2 Å². The highest BCUT2D eigenvalue weighted by molar-refractivity contribution is 6.02. The summed E-state index contributed by atoms with van der Waals surface area (Å²) in [5.74, 6) is 0.0937. The van der Waals surface area contributed by atoms with Crippen molar-refractivity contribution >= 4 is 11.7 Å². The summed E-state index contributed by atoms with van der Waals surface area (Å²) in [6, 6.07) is 0.982. The normalized spacial score (nSPS) is 23.9. The lowest BCUT2D eigenvalue weighted by atomic mass is 10.0. The summed E-state index contributed by atoms with van der Waals surface area (Å²) in [4.78, 5) is 30.2. The minimum absolute atomic E-state index is 0.0397. The van der Waals surface area contributed by atoms with Crippen molar-refractivity contribution in [1.82, 2.24) is 15.2 Å². The van der Waals surface area contributed by atoms with Crippen LogP contribution >= 0.6 is 0 Å². The monoisotopic (exact) mass is 317 g/mol. The van der Waals surface area contributed by atoms with Crippen LogP contribution in [-0.2, 0) is 6.42 Å². The van der Waals surface area contributed by atoms with Crippen LogP contribution in [0, 0.1) is 6.92 Å². The summed E-state index contributed by atoms with van der Waals surface area (Å²) >= 11 is 0. The van der Waals surface area contributed by atoms with Crippen molar-refractivity contribution in [3.05, 3.63) is 22.5 Å². The van der Waals surface area contributed by atoms with Gasteiger partial charge in [0.05, 0.1) is 0 Å². The van der Waals surface area contributed by atoms with E-state index in [0.717, 1.165) is 50.0 Å². The highest BCUT2D eigenvalue weighted by Gasteiger charge is 2.33. The highest BCUT2D eigenvalue weighted by Crippen LogP contribution is 2.25. The average molecular weight is 317 g/mol. The maximum atomic E-state index is 13.1. The number of ketones is 1. The molecule has 126 valence electrons. The number of hydrogen-bond acceptors (Lipinski definition) is 3. The van der Waals surface area contributed by atoms with Crippen molar-refractivity contribution in [2.75, 3.05) is 13.1 Å². The Bertz CT molecular complexity index is 620. The number of carbonyl (C=O) groups excluding carboxylic acids is 2. The van der Waals surface area contributed by atoms with Crippen LogP contribution in [0.5, 0.6) is 0 Å². The van der Waals surface area contributed by atoms with E-state index in [0.29, 0.717) is 23.3 Å². The van der Waals surface area contributed by atoms with E-state index >= 15 is 0 Å². The SMILES string of the molecule is CCCc1c(C(=O)N2CCC3CCC(C2)N3)[nH]c(C)c1C(C)=O. The number of nitrogens with zero attached hydrogens (tertiary/aromatic N) is 1. The van der Waals surface area contributed by atoms with E-state index in [4.69, 9.17) is 0 Å².